The molecule has 0 aromatic heterocycles. The van der Waals surface area contributed by atoms with Gasteiger partial charge in [-0.2, -0.15) is 0 Å². The molecule has 0 amide bonds. The second-order valence-electron chi connectivity index (χ2n) is 3.78. The number of para-hydroxylation sites is 1. The highest BCUT2D eigenvalue weighted by Crippen LogP contribution is 2.22. The summed E-state index contributed by atoms with van der Waals surface area (Å²) in [4.78, 5) is 0. The summed E-state index contributed by atoms with van der Waals surface area (Å²) in [6, 6.07) is 10.1. The molecule has 1 saturated heterocycles. The van der Waals surface area contributed by atoms with Crippen molar-refractivity contribution in [2.75, 3.05) is 25.1 Å². The number of rotatable bonds is 3. The molecule has 0 aliphatic carbocycles. The Kier molecular flexibility index (Phi) is 2.70. The van der Waals surface area contributed by atoms with E-state index in [1.807, 2.05) is 18.2 Å². The molecule has 0 spiro atoms. The van der Waals surface area contributed by atoms with Gasteiger partial charge < -0.3 is 15.8 Å². The van der Waals surface area contributed by atoms with Crippen LogP contribution >= 0.6 is 0 Å². The summed E-state index contributed by atoms with van der Waals surface area (Å²) in [6.45, 7) is 2.12. The average molecular weight is 192 g/mol. The summed E-state index contributed by atoms with van der Waals surface area (Å²) in [5, 5.41) is 3.45. The lowest BCUT2D eigenvalue weighted by molar-refractivity contribution is 0.183. The standard InChI is InChI=1S/C11H16N2O/c12-8-11(6-7-14-9-11)13-10-4-2-1-3-5-10/h1-5,13H,6-9,12H2/t11-/m0/s1. The molecule has 76 valence electrons. The normalized spacial score (nSPS) is 26.4. The Balaban J connectivity index is 2.08. The van der Waals surface area contributed by atoms with Gasteiger partial charge in [0, 0.05) is 18.8 Å². The summed E-state index contributed by atoms with van der Waals surface area (Å²) in [5.41, 5.74) is 6.83. The Morgan fingerprint density at radius 1 is 1.36 bits per heavy atom. The van der Waals surface area contributed by atoms with Crippen molar-refractivity contribution in [3.63, 3.8) is 0 Å². The van der Waals surface area contributed by atoms with Crippen LogP contribution in [0.1, 0.15) is 6.42 Å². The second-order valence-corrected chi connectivity index (χ2v) is 3.78. The van der Waals surface area contributed by atoms with E-state index in [1.54, 1.807) is 0 Å². The fraction of sp³-hybridized carbons (Fsp3) is 0.455. The van der Waals surface area contributed by atoms with Crippen molar-refractivity contribution < 1.29 is 4.74 Å². The summed E-state index contributed by atoms with van der Waals surface area (Å²) in [7, 11) is 0. The van der Waals surface area contributed by atoms with Gasteiger partial charge in [-0.25, -0.2) is 0 Å². The quantitative estimate of drug-likeness (QED) is 0.757. The fourth-order valence-electron chi connectivity index (χ4n) is 1.75. The third-order valence-electron chi connectivity index (χ3n) is 2.68. The lowest BCUT2D eigenvalue weighted by Crippen LogP contribution is -2.46. The Bertz CT molecular complexity index is 281. The first-order valence-electron chi connectivity index (χ1n) is 4.96. The summed E-state index contributed by atoms with van der Waals surface area (Å²) < 4.78 is 5.38. The molecule has 1 aliphatic heterocycles. The summed E-state index contributed by atoms with van der Waals surface area (Å²) in [5.74, 6) is 0. The molecule has 0 saturated carbocycles. The first-order valence-corrected chi connectivity index (χ1v) is 4.96. The van der Waals surface area contributed by atoms with E-state index in [0.717, 1.165) is 18.7 Å². The number of nitrogens with one attached hydrogen (secondary N) is 1. The van der Waals surface area contributed by atoms with Crippen LogP contribution in [0.25, 0.3) is 0 Å². The lowest BCUT2D eigenvalue weighted by Gasteiger charge is -2.28. The molecule has 1 fully saturated rings. The van der Waals surface area contributed by atoms with Crippen LogP contribution in [0.3, 0.4) is 0 Å². The number of anilines is 1. The number of ether oxygens (including phenoxy) is 1. The minimum atomic E-state index is -0.0542. The molecule has 1 aromatic carbocycles. The van der Waals surface area contributed by atoms with Crippen LogP contribution in [-0.2, 0) is 4.74 Å². The zero-order valence-corrected chi connectivity index (χ0v) is 8.20. The Labute approximate surface area is 84.3 Å². The fourth-order valence-corrected chi connectivity index (χ4v) is 1.75. The molecule has 1 heterocycles. The van der Waals surface area contributed by atoms with Crippen molar-refractivity contribution in [3.8, 4) is 0 Å². The van der Waals surface area contributed by atoms with E-state index in [9.17, 15) is 0 Å². The van der Waals surface area contributed by atoms with Gasteiger partial charge in [0.15, 0.2) is 0 Å². The molecule has 3 nitrogen and oxygen atoms in total. The van der Waals surface area contributed by atoms with Crippen molar-refractivity contribution in [1.82, 2.24) is 0 Å². The predicted octanol–water partition coefficient (Wildman–Crippen LogP) is 1.22. The molecule has 1 aromatic rings. The van der Waals surface area contributed by atoms with Gasteiger partial charge in [0.25, 0.3) is 0 Å². The van der Waals surface area contributed by atoms with Crippen LogP contribution in [0.4, 0.5) is 5.69 Å². The minimum Gasteiger partial charge on any atom is -0.379 e. The molecule has 0 radical (unpaired) electrons. The van der Waals surface area contributed by atoms with Crippen LogP contribution in [0.5, 0.6) is 0 Å². The third kappa shape index (κ3) is 1.89. The first-order chi connectivity index (χ1) is 6.85. The van der Waals surface area contributed by atoms with Crippen LogP contribution in [0.2, 0.25) is 0 Å². The van der Waals surface area contributed by atoms with Gasteiger partial charge in [-0.15, -0.1) is 0 Å². The van der Waals surface area contributed by atoms with Crippen molar-refractivity contribution >= 4 is 5.69 Å². The van der Waals surface area contributed by atoms with E-state index in [4.69, 9.17) is 10.5 Å². The van der Waals surface area contributed by atoms with Gasteiger partial charge in [-0.05, 0) is 18.6 Å². The topological polar surface area (TPSA) is 47.3 Å². The number of hydrogen-bond acceptors (Lipinski definition) is 3. The molecular weight excluding hydrogens is 176 g/mol. The van der Waals surface area contributed by atoms with E-state index in [0.29, 0.717) is 13.2 Å². The van der Waals surface area contributed by atoms with E-state index in [2.05, 4.69) is 17.4 Å². The van der Waals surface area contributed by atoms with Gasteiger partial charge >= 0.3 is 0 Å². The van der Waals surface area contributed by atoms with E-state index in [1.165, 1.54) is 0 Å². The van der Waals surface area contributed by atoms with Crippen molar-refractivity contribution in [3.05, 3.63) is 30.3 Å². The average Bonchev–Trinajstić information content (AvgIpc) is 2.69. The molecular formula is C11H16N2O. The molecule has 1 atom stereocenters. The van der Waals surface area contributed by atoms with Crippen LogP contribution in [-0.4, -0.2) is 25.3 Å². The molecule has 14 heavy (non-hydrogen) atoms. The Morgan fingerprint density at radius 2 is 2.14 bits per heavy atom. The highest BCUT2D eigenvalue weighted by atomic mass is 16.5. The van der Waals surface area contributed by atoms with Crippen molar-refractivity contribution in [2.24, 2.45) is 5.73 Å². The van der Waals surface area contributed by atoms with Gasteiger partial charge in [0.05, 0.1) is 12.1 Å². The van der Waals surface area contributed by atoms with E-state index in [-0.39, 0.29) is 5.54 Å². The number of benzene rings is 1. The van der Waals surface area contributed by atoms with Crippen molar-refractivity contribution in [1.29, 1.82) is 0 Å². The predicted molar refractivity (Wildman–Crippen MR) is 57.3 cm³/mol. The zero-order chi connectivity index (χ0) is 9.86. The third-order valence-corrected chi connectivity index (χ3v) is 2.68. The smallest absolute Gasteiger partial charge is 0.0750 e. The maximum absolute atomic E-state index is 5.77. The molecule has 3 heteroatoms. The molecule has 0 bridgehead atoms. The van der Waals surface area contributed by atoms with Gasteiger partial charge in [0.1, 0.15) is 0 Å². The first kappa shape index (κ1) is 9.49. The highest BCUT2D eigenvalue weighted by molar-refractivity contribution is 5.45. The zero-order valence-electron chi connectivity index (χ0n) is 8.20. The summed E-state index contributed by atoms with van der Waals surface area (Å²) >= 11 is 0. The SMILES string of the molecule is NC[C@@]1(Nc2ccccc2)CCOC1. The van der Waals surface area contributed by atoms with Gasteiger partial charge in [-0.3, -0.25) is 0 Å². The van der Waals surface area contributed by atoms with Crippen molar-refractivity contribution in [2.45, 2.75) is 12.0 Å². The summed E-state index contributed by atoms with van der Waals surface area (Å²) in [6.07, 6.45) is 0.985. The van der Waals surface area contributed by atoms with E-state index >= 15 is 0 Å². The monoisotopic (exact) mass is 192 g/mol. The Morgan fingerprint density at radius 3 is 2.71 bits per heavy atom. The minimum absolute atomic E-state index is 0.0542. The van der Waals surface area contributed by atoms with Crippen LogP contribution in [0.15, 0.2) is 30.3 Å². The number of hydrogen-bond donors (Lipinski definition) is 2. The van der Waals surface area contributed by atoms with Gasteiger partial charge in [0.2, 0.25) is 0 Å². The molecule has 2 rings (SSSR count). The van der Waals surface area contributed by atoms with Gasteiger partial charge in [-0.1, -0.05) is 18.2 Å². The lowest BCUT2D eigenvalue weighted by atomic mass is 9.98. The second kappa shape index (κ2) is 3.98. The highest BCUT2D eigenvalue weighted by Gasteiger charge is 2.33. The van der Waals surface area contributed by atoms with E-state index < -0.39 is 0 Å². The maximum Gasteiger partial charge on any atom is 0.0750 e. The van der Waals surface area contributed by atoms with Crippen LogP contribution in [0, 0.1) is 0 Å². The molecule has 3 N–H and O–H groups in total. The Hall–Kier alpha value is -1.06. The largest absolute Gasteiger partial charge is 0.379 e. The molecule has 1 aliphatic rings. The molecule has 0 unspecified atom stereocenters. The number of nitrogens with two attached hydrogens (primary N) is 1. The van der Waals surface area contributed by atoms with Crippen LogP contribution < -0.4 is 11.1 Å². The maximum atomic E-state index is 5.77.